The Hall–Kier alpha value is -1.40. The van der Waals surface area contributed by atoms with Crippen LogP contribution in [0, 0.1) is 6.92 Å². The highest BCUT2D eigenvalue weighted by molar-refractivity contribution is 7.89. The van der Waals surface area contributed by atoms with Gasteiger partial charge in [0.15, 0.2) is 0 Å². The van der Waals surface area contributed by atoms with E-state index in [-0.39, 0.29) is 11.4 Å². The molecule has 0 saturated carbocycles. The number of nitrogens with zero attached hydrogens (tertiary/aromatic N) is 1. The summed E-state index contributed by atoms with van der Waals surface area (Å²) in [5.41, 5.74) is 0.951. The molecule has 0 spiro atoms. The van der Waals surface area contributed by atoms with Gasteiger partial charge in [0.1, 0.15) is 6.04 Å². The molecule has 1 saturated heterocycles. The van der Waals surface area contributed by atoms with Gasteiger partial charge >= 0.3 is 5.97 Å². The highest BCUT2D eigenvalue weighted by Crippen LogP contribution is 2.26. The topological polar surface area (TPSA) is 74.3 Å². The van der Waals surface area contributed by atoms with Crippen LogP contribution in [0.25, 0.3) is 0 Å². The second-order valence-corrected chi connectivity index (χ2v) is 6.30. The van der Waals surface area contributed by atoms with E-state index in [1.807, 2.05) is 6.92 Å². The number of sulfonamides is 1. The molecule has 1 aliphatic rings. The Balaban J connectivity index is 2.36. The lowest BCUT2D eigenvalue weighted by Gasteiger charge is -2.20. The Morgan fingerprint density at radius 1 is 1.28 bits per heavy atom. The lowest BCUT2D eigenvalue weighted by Crippen LogP contribution is -2.39. The molecule has 0 aliphatic carbocycles. The van der Waals surface area contributed by atoms with Crippen molar-refractivity contribution >= 4 is 16.0 Å². The van der Waals surface area contributed by atoms with Crippen molar-refractivity contribution in [2.24, 2.45) is 0 Å². The number of aryl methyl sites for hydroxylation is 1. The number of benzene rings is 1. The highest BCUT2D eigenvalue weighted by Gasteiger charge is 2.40. The first-order chi connectivity index (χ1) is 8.43. The summed E-state index contributed by atoms with van der Waals surface area (Å²) >= 11 is 0. The summed E-state index contributed by atoms with van der Waals surface area (Å²) in [4.78, 5) is 11.1. The lowest BCUT2D eigenvalue weighted by molar-refractivity contribution is -0.146. The zero-order valence-corrected chi connectivity index (χ0v) is 10.8. The molecule has 1 aromatic carbocycles. The largest absolute Gasteiger partial charge is 0.373 e. The van der Waals surface area contributed by atoms with Gasteiger partial charge in [-0.25, -0.2) is 18.3 Å². The van der Waals surface area contributed by atoms with Gasteiger partial charge in [-0.3, -0.25) is 0 Å². The van der Waals surface area contributed by atoms with E-state index < -0.39 is 22.0 Å². The molecule has 0 amide bonds. The summed E-state index contributed by atoms with van der Waals surface area (Å²) in [6.07, 6.45) is 0.858. The van der Waals surface area contributed by atoms with Crippen LogP contribution in [-0.4, -0.2) is 31.3 Å². The van der Waals surface area contributed by atoms with Gasteiger partial charge in [0.25, 0.3) is 0 Å². The van der Waals surface area contributed by atoms with Gasteiger partial charge in [0.2, 0.25) is 10.0 Å². The Kier molecular flexibility index (Phi) is 3.41. The SMILES string of the molecule is Cc1ccc(S(=O)(=O)N2CCCC2C([O])=O)cc1. The van der Waals surface area contributed by atoms with Crippen molar-refractivity contribution in [1.82, 2.24) is 4.31 Å². The zero-order valence-electron chi connectivity index (χ0n) is 10.00. The summed E-state index contributed by atoms with van der Waals surface area (Å²) in [6.45, 7) is 2.09. The van der Waals surface area contributed by atoms with Crippen LogP contribution in [0.1, 0.15) is 18.4 Å². The molecule has 97 valence electrons. The van der Waals surface area contributed by atoms with Crippen LogP contribution in [-0.2, 0) is 19.9 Å². The number of carbonyl (C=O) groups excluding carboxylic acids is 1. The zero-order chi connectivity index (χ0) is 13.3. The molecule has 0 bridgehead atoms. The summed E-state index contributed by atoms with van der Waals surface area (Å²) in [5.74, 6) is -1.33. The summed E-state index contributed by atoms with van der Waals surface area (Å²) in [7, 11) is -3.74. The molecular formula is C12H14NO4S. The van der Waals surface area contributed by atoms with Crippen LogP contribution >= 0.6 is 0 Å². The average Bonchev–Trinajstić information content (AvgIpc) is 2.79. The van der Waals surface area contributed by atoms with Crippen molar-refractivity contribution in [2.45, 2.75) is 30.7 Å². The second-order valence-electron chi connectivity index (χ2n) is 4.41. The minimum absolute atomic E-state index is 0.126. The van der Waals surface area contributed by atoms with Gasteiger partial charge in [-0.15, -0.1) is 0 Å². The first-order valence-electron chi connectivity index (χ1n) is 5.72. The van der Waals surface area contributed by atoms with E-state index in [0.717, 1.165) is 9.87 Å². The van der Waals surface area contributed by atoms with E-state index in [4.69, 9.17) is 0 Å². The van der Waals surface area contributed by atoms with Gasteiger partial charge in [0.05, 0.1) is 4.90 Å². The molecule has 1 aromatic rings. The van der Waals surface area contributed by atoms with E-state index in [0.29, 0.717) is 12.8 Å². The Labute approximate surface area is 106 Å². The third kappa shape index (κ3) is 2.26. The summed E-state index contributed by atoms with van der Waals surface area (Å²) < 4.78 is 25.6. The fourth-order valence-electron chi connectivity index (χ4n) is 2.11. The maximum absolute atomic E-state index is 12.3. The van der Waals surface area contributed by atoms with E-state index >= 15 is 0 Å². The van der Waals surface area contributed by atoms with Crippen LogP contribution in [0.15, 0.2) is 29.2 Å². The molecule has 6 heteroatoms. The van der Waals surface area contributed by atoms with Crippen molar-refractivity contribution < 1.29 is 18.3 Å². The third-order valence-corrected chi connectivity index (χ3v) is 5.03. The monoisotopic (exact) mass is 268 g/mol. The molecule has 1 atom stereocenters. The molecular weight excluding hydrogens is 254 g/mol. The Morgan fingerprint density at radius 3 is 2.44 bits per heavy atom. The minimum atomic E-state index is -3.74. The van der Waals surface area contributed by atoms with Crippen molar-refractivity contribution in [3.63, 3.8) is 0 Å². The molecule has 1 aliphatic heterocycles. The Bertz CT molecular complexity index is 550. The van der Waals surface area contributed by atoms with Gasteiger partial charge < -0.3 is 0 Å². The summed E-state index contributed by atoms with van der Waals surface area (Å²) in [5, 5.41) is 10.9. The second kappa shape index (κ2) is 4.70. The van der Waals surface area contributed by atoms with Crippen LogP contribution in [0.2, 0.25) is 0 Å². The average molecular weight is 268 g/mol. The highest BCUT2D eigenvalue weighted by atomic mass is 32.2. The molecule has 1 fully saturated rings. The lowest BCUT2D eigenvalue weighted by atomic mass is 10.2. The van der Waals surface area contributed by atoms with Crippen molar-refractivity contribution in [1.29, 1.82) is 0 Å². The third-order valence-electron chi connectivity index (χ3n) is 3.10. The summed E-state index contributed by atoms with van der Waals surface area (Å²) in [6, 6.07) is 5.33. The molecule has 1 radical (unpaired) electrons. The van der Waals surface area contributed by atoms with Gasteiger partial charge in [0, 0.05) is 6.54 Å². The first kappa shape index (κ1) is 13.0. The quantitative estimate of drug-likeness (QED) is 0.824. The number of hydrogen-bond acceptors (Lipinski definition) is 3. The minimum Gasteiger partial charge on any atom is -0.246 e. The Morgan fingerprint density at radius 2 is 1.89 bits per heavy atom. The number of rotatable bonds is 3. The fourth-order valence-corrected chi connectivity index (χ4v) is 3.76. The predicted molar refractivity (Wildman–Crippen MR) is 63.8 cm³/mol. The number of carbonyl (C=O) groups is 1. The van der Waals surface area contributed by atoms with E-state index in [1.165, 1.54) is 12.1 Å². The van der Waals surface area contributed by atoms with Crippen molar-refractivity contribution in [2.75, 3.05) is 6.54 Å². The smallest absolute Gasteiger partial charge is 0.246 e. The maximum atomic E-state index is 12.3. The molecule has 18 heavy (non-hydrogen) atoms. The van der Waals surface area contributed by atoms with Crippen molar-refractivity contribution in [3.05, 3.63) is 29.8 Å². The molecule has 1 unspecified atom stereocenters. The maximum Gasteiger partial charge on any atom is 0.373 e. The van der Waals surface area contributed by atoms with Gasteiger partial charge in [-0.05, 0) is 31.9 Å². The van der Waals surface area contributed by atoms with Gasteiger partial charge in [-0.2, -0.15) is 4.31 Å². The van der Waals surface area contributed by atoms with Crippen LogP contribution in [0.5, 0.6) is 0 Å². The standard InChI is InChI=1S/C12H14NO4S/c1-9-4-6-10(7-5-9)18(16,17)13-8-2-3-11(13)12(14)15/h4-7,11H,2-3,8H2,1H3. The van der Waals surface area contributed by atoms with Crippen molar-refractivity contribution in [3.8, 4) is 0 Å². The fraction of sp³-hybridized carbons (Fsp3) is 0.417. The van der Waals surface area contributed by atoms with Crippen LogP contribution < -0.4 is 0 Å². The van der Waals surface area contributed by atoms with Crippen LogP contribution in [0.3, 0.4) is 0 Å². The molecule has 2 rings (SSSR count). The molecule has 0 N–H and O–H groups in total. The number of hydrogen-bond donors (Lipinski definition) is 0. The van der Waals surface area contributed by atoms with Gasteiger partial charge in [-0.1, -0.05) is 17.7 Å². The molecule has 0 aromatic heterocycles. The first-order valence-corrected chi connectivity index (χ1v) is 7.16. The van der Waals surface area contributed by atoms with E-state index in [1.54, 1.807) is 12.1 Å². The predicted octanol–water partition coefficient (Wildman–Crippen LogP) is 1.11. The van der Waals surface area contributed by atoms with Crippen LogP contribution in [0.4, 0.5) is 0 Å². The van der Waals surface area contributed by atoms with E-state index in [9.17, 15) is 18.3 Å². The van der Waals surface area contributed by atoms with E-state index in [2.05, 4.69) is 0 Å². The normalized spacial score (nSPS) is 21.1. The molecule has 5 nitrogen and oxygen atoms in total. The molecule has 1 heterocycles.